The molecule has 0 atom stereocenters. The zero-order valence-electron chi connectivity index (χ0n) is 9.43. The Bertz CT molecular complexity index is 473. The highest BCUT2D eigenvalue weighted by atomic mass is 35.5. The topological polar surface area (TPSA) is 65.8 Å². The minimum atomic E-state index is -0.284. The molecule has 0 spiro atoms. The van der Waals surface area contributed by atoms with E-state index in [-0.39, 0.29) is 11.5 Å². The Morgan fingerprint density at radius 3 is 2.65 bits per heavy atom. The molecule has 5 heteroatoms. The zero-order valence-corrected chi connectivity index (χ0v) is 10.2. The number of ketones is 1. The molecule has 0 heterocycles. The van der Waals surface area contributed by atoms with Gasteiger partial charge in [0.2, 0.25) is 0 Å². The standard InChI is InChI=1S/C12H12ClN3O/c1-2-3-4-11(15-16-14)12(17)9-5-7-10(13)8-6-9/h4-8H,2-3H2,1H3/b11-4-. The number of nitrogens with zero attached hydrogens (tertiary/aromatic N) is 3. The summed E-state index contributed by atoms with van der Waals surface area (Å²) in [5, 5.41) is 3.98. The van der Waals surface area contributed by atoms with E-state index in [0.29, 0.717) is 17.0 Å². The number of rotatable bonds is 5. The molecule has 0 amide bonds. The van der Waals surface area contributed by atoms with Gasteiger partial charge >= 0.3 is 0 Å². The van der Waals surface area contributed by atoms with E-state index in [1.807, 2.05) is 6.92 Å². The first kappa shape index (κ1) is 13.3. The average molecular weight is 250 g/mol. The van der Waals surface area contributed by atoms with Crippen LogP contribution in [0.4, 0.5) is 0 Å². The van der Waals surface area contributed by atoms with Gasteiger partial charge in [-0.1, -0.05) is 36.1 Å². The van der Waals surface area contributed by atoms with Crippen molar-refractivity contribution in [3.8, 4) is 0 Å². The van der Waals surface area contributed by atoms with Gasteiger partial charge in [0.25, 0.3) is 0 Å². The van der Waals surface area contributed by atoms with E-state index in [0.717, 1.165) is 6.42 Å². The van der Waals surface area contributed by atoms with Crippen molar-refractivity contribution in [2.24, 2.45) is 5.11 Å². The van der Waals surface area contributed by atoms with Gasteiger partial charge in [-0.3, -0.25) is 4.79 Å². The summed E-state index contributed by atoms with van der Waals surface area (Å²) in [5.74, 6) is -0.284. The molecule has 0 aromatic heterocycles. The van der Waals surface area contributed by atoms with Gasteiger partial charge in [-0.05, 0) is 36.2 Å². The van der Waals surface area contributed by atoms with Crippen molar-refractivity contribution in [2.75, 3.05) is 0 Å². The summed E-state index contributed by atoms with van der Waals surface area (Å²) in [7, 11) is 0. The van der Waals surface area contributed by atoms with Gasteiger partial charge in [0, 0.05) is 15.5 Å². The first-order valence-electron chi connectivity index (χ1n) is 5.24. The maximum Gasteiger partial charge on any atom is 0.195 e. The van der Waals surface area contributed by atoms with Gasteiger partial charge in [-0.25, -0.2) is 0 Å². The first-order valence-corrected chi connectivity index (χ1v) is 5.62. The fourth-order valence-corrected chi connectivity index (χ4v) is 1.38. The van der Waals surface area contributed by atoms with Crippen molar-refractivity contribution in [3.05, 3.63) is 57.1 Å². The Balaban J connectivity index is 2.99. The van der Waals surface area contributed by atoms with Crippen LogP contribution in [-0.2, 0) is 0 Å². The van der Waals surface area contributed by atoms with Gasteiger partial charge in [0.15, 0.2) is 5.78 Å². The van der Waals surface area contributed by atoms with Crippen LogP contribution < -0.4 is 0 Å². The first-order chi connectivity index (χ1) is 8.19. The van der Waals surface area contributed by atoms with Gasteiger partial charge in [-0.2, -0.15) is 0 Å². The monoisotopic (exact) mass is 249 g/mol. The molecule has 4 nitrogen and oxygen atoms in total. The van der Waals surface area contributed by atoms with E-state index in [1.165, 1.54) is 0 Å². The summed E-state index contributed by atoms with van der Waals surface area (Å²) in [5.41, 5.74) is 9.02. The van der Waals surface area contributed by atoms with Crippen molar-refractivity contribution in [1.29, 1.82) is 0 Å². The van der Waals surface area contributed by atoms with E-state index in [2.05, 4.69) is 10.0 Å². The fraction of sp³-hybridized carbons (Fsp3) is 0.250. The van der Waals surface area contributed by atoms with Crippen LogP contribution in [0, 0.1) is 0 Å². The molecule has 0 aliphatic rings. The minimum Gasteiger partial charge on any atom is -0.289 e. The van der Waals surface area contributed by atoms with Crippen LogP contribution in [0.25, 0.3) is 10.4 Å². The van der Waals surface area contributed by atoms with E-state index in [4.69, 9.17) is 17.1 Å². The predicted octanol–water partition coefficient (Wildman–Crippen LogP) is 4.52. The highest BCUT2D eigenvalue weighted by Crippen LogP contribution is 2.15. The molecule has 0 aliphatic heterocycles. The normalized spacial score (nSPS) is 10.8. The van der Waals surface area contributed by atoms with Gasteiger partial charge < -0.3 is 0 Å². The Morgan fingerprint density at radius 1 is 1.47 bits per heavy atom. The van der Waals surface area contributed by atoms with E-state index < -0.39 is 0 Å². The number of allylic oxidation sites excluding steroid dienone is 2. The molecule has 1 aromatic rings. The molecule has 0 saturated heterocycles. The van der Waals surface area contributed by atoms with E-state index >= 15 is 0 Å². The van der Waals surface area contributed by atoms with Crippen molar-refractivity contribution in [2.45, 2.75) is 19.8 Å². The lowest BCUT2D eigenvalue weighted by Crippen LogP contribution is -2.01. The molecule has 1 rings (SSSR count). The molecular formula is C12H12ClN3O. The Kier molecular flexibility index (Phi) is 5.27. The third kappa shape index (κ3) is 3.94. The Hall–Kier alpha value is -1.77. The van der Waals surface area contributed by atoms with Crippen molar-refractivity contribution in [3.63, 3.8) is 0 Å². The van der Waals surface area contributed by atoms with Gasteiger partial charge in [-0.15, -0.1) is 0 Å². The number of hydrogen-bond acceptors (Lipinski definition) is 2. The summed E-state index contributed by atoms with van der Waals surface area (Å²) in [4.78, 5) is 14.6. The molecule has 88 valence electrons. The molecule has 0 N–H and O–H groups in total. The van der Waals surface area contributed by atoms with Crippen LogP contribution in [0.5, 0.6) is 0 Å². The van der Waals surface area contributed by atoms with Crippen LogP contribution in [0.3, 0.4) is 0 Å². The Morgan fingerprint density at radius 2 is 2.12 bits per heavy atom. The summed E-state index contributed by atoms with van der Waals surface area (Å²) in [6.07, 6.45) is 3.24. The van der Waals surface area contributed by atoms with Crippen molar-refractivity contribution in [1.82, 2.24) is 0 Å². The summed E-state index contributed by atoms with van der Waals surface area (Å²) < 4.78 is 0. The summed E-state index contributed by atoms with van der Waals surface area (Å²) in [6.45, 7) is 1.98. The van der Waals surface area contributed by atoms with Crippen LogP contribution in [-0.4, -0.2) is 5.78 Å². The molecule has 0 radical (unpaired) electrons. The maximum atomic E-state index is 12.0. The molecule has 0 aliphatic carbocycles. The number of carbonyl (C=O) groups is 1. The highest BCUT2D eigenvalue weighted by Gasteiger charge is 2.10. The number of halogens is 1. The van der Waals surface area contributed by atoms with Crippen LogP contribution in [0.15, 0.2) is 41.2 Å². The molecular weight excluding hydrogens is 238 g/mol. The maximum absolute atomic E-state index is 12.0. The lowest BCUT2D eigenvalue weighted by molar-refractivity contribution is 0.103. The van der Waals surface area contributed by atoms with Gasteiger partial charge in [0.05, 0.1) is 5.70 Å². The summed E-state index contributed by atoms with van der Waals surface area (Å²) in [6, 6.07) is 6.47. The minimum absolute atomic E-state index is 0.136. The number of benzene rings is 1. The SMILES string of the molecule is CCC/C=C(\N=[N+]=[N-])C(=O)c1ccc(Cl)cc1. The molecule has 0 fully saturated rings. The third-order valence-corrected chi connectivity index (χ3v) is 2.37. The second-order valence-electron chi connectivity index (χ2n) is 3.40. The highest BCUT2D eigenvalue weighted by molar-refractivity contribution is 6.30. The quantitative estimate of drug-likeness (QED) is 0.249. The molecule has 17 heavy (non-hydrogen) atoms. The number of azide groups is 1. The summed E-state index contributed by atoms with van der Waals surface area (Å²) >= 11 is 5.73. The lowest BCUT2D eigenvalue weighted by Gasteiger charge is -2.01. The van der Waals surface area contributed by atoms with Crippen molar-refractivity contribution < 1.29 is 4.79 Å². The zero-order chi connectivity index (χ0) is 12.7. The lowest BCUT2D eigenvalue weighted by atomic mass is 10.1. The van der Waals surface area contributed by atoms with Crippen LogP contribution >= 0.6 is 11.6 Å². The number of Topliss-reactive ketones (excluding diaryl/α,β-unsaturated/α-hetero) is 1. The van der Waals surface area contributed by atoms with E-state index in [1.54, 1.807) is 30.3 Å². The number of carbonyl (C=O) groups excluding carboxylic acids is 1. The van der Waals surface area contributed by atoms with Crippen molar-refractivity contribution >= 4 is 17.4 Å². The number of unbranched alkanes of at least 4 members (excludes halogenated alkanes) is 1. The second-order valence-corrected chi connectivity index (χ2v) is 3.84. The van der Waals surface area contributed by atoms with E-state index in [9.17, 15) is 4.79 Å². The van der Waals surface area contributed by atoms with Gasteiger partial charge in [0.1, 0.15) is 0 Å². The molecule has 0 unspecified atom stereocenters. The molecule has 0 bridgehead atoms. The van der Waals surface area contributed by atoms with Crippen LogP contribution in [0.1, 0.15) is 30.1 Å². The largest absolute Gasteiger partial charge is 0.289 e. The fourth-order valence-electron chi connectivity index (χ4n) is 1.26. The number of hydrogen-bond donors (Lipinski definition) is 0. The molecule has 1 aromatic carbocycles. The molecule has 0 saturated carbocycles. The Labute approximate surface area is 105 Å². The smallest absolute Gasteiger partial charge is 0.195 e. The predicted molar refractivity (Wildman–Crippen MR) is 67.9 cm³/mol. The van der Waals surface area contributed by atoms with Crippen LogP contribution in [0.2, 0.25) is 5.02 Å². The second kappa shape index (κ2) is 6.74. The third-order valence-electron chi connectivity index (χ3n) is 2.12. The average Bonchev–Trinajstić information content (AvgIpc) is 2.34.